The standard InChI is InChI=1S/C14H20N2O2S/c1-4-14(2,3)11-7-10-9-16-6-5-12(10)13(8-11)19(15,17)18/h5-8,16H,4,9H2,1-3H3,(H2,15,17,18). The molecule has 1 aromatic carbocycles. The zero-order valence-electron chi connectivity index (χ0n) is 11.5. The normalized spacial score (nSPS) is 14.9. The summed E-state index contributed by atoms with van der Waals surface area (Å²) in [5.74, 6) is 0. The minimum atomic E-state index is -3.71. The fourth-order valence-corrected chi connectivity index (χ4v) is 2.96. The third-order valence-electron chi connectivity index (χ3n) is 3.86. The van der Waals surface area contributed by atoms with Crippen LogP contribution in [-0.2, 0) is 22.0 Å². The Kier molecular flexibility index (Phi) is 3.45. The van der Waals surface area contributed by atoms with Crippen LogP contribution < -0.4 is 10.5 Å². The average Bonchev–Trinajstić information content (AvgIpc) is 2.36. The zero-order valence-corrected chi connectivity index (χ0v) is 12.3. The predicted octanol–water partition coefficient (Wildman–Crippen LogP) is 2.10. The van der Waals surface area contributed by atoms with Crippen molar-refractivity contribution in [1.82, 2.24) is 5.32 Å². The zero-order chi connectivity index (χ0) is 14.3. The number of primary sulfonamides is 1. The van der Waals surface area contributed by atoms with Crippen molar-refractivity contribution in [1.29, 1.82) is 0 Å². The van der Waals surface area contributed by atoms with Gasteiger partial charge in [0.15, 0.2) is 0 Å². The molecule has 0 atom stereocenters. The summed E-state index contributed by atoms with van der Waals surface area (Å²) >= 11 is 0. The largest absolute Gasteiger partial charge is 0.387 e. The highest BCUT2D eigenvalue weighted by atomic mass is 32.2. The van der Waals surface area contributed by atoms with E-state index >= 15 is 0 Å². The Labute approximate surface area is 114 Å². The molecule has 104 valence electrons. The van der Waals surface area contributed by atoms with Crippen LogP contribution in [0.5, 0.6) is 0 Å². The van der Waals surface area contributed by atoms with Crippen LogP contribution in [0, 0.1) is 0 Å². The number of rotatable bonds is 3. The smallest absolute Gasteiger partial charge is 0.238 e. The van der Waals surface area contributed by atoms with Crippen LogP contribution in [0.15, 0.2) is 23.2 Å². The molecule has 0 aliphatic carbocycles. The van der Waals surface area contributed by atoms with Gasteiger partial charge in [0.2, 0.25) is 10.0 Å². The summed E-state index contributed by atoms with van der Waals surface area (Å²) in [6, 6.07) is 3.79. The van der Waals surface area contributed by atoms with Crippen molar-refractivity contribution >= 4 is 16.1 Å². The quantitative estimate of drug-likeness (QED) is 0.890. The molecule has 2 rings (SSSR count). The summed E-state index contributed by atoms with van der Waals surface area (Å²) in [6.45, 7) is 6.93. The van der Waals surface area contributed by atoms with Gasteiger partial charge in [0.05, 0.1) is 4.90 Å². The maximum absolute atomic E-state index is 11.8. The first-order chi connectivity index (χ1) is 8.75. The highest BCUT2D eigenvalue weighted by Gasteiger charge is 2.25. The maximum Gasteiger partial charge on any atom is 0.238 e. The van der Waals surface area contributed by atoms with Crippen LogP contribution in [0.4, 0.5) is 0 Å². The molecule has 0 spiro atoms. The van der Waals surface area contributed by atoms with E-state index in [4.69, 9.17) is 5.14 Å². The molecule has 1 aliphatic rings. The number of hydrogen-bond acceptors (Lipinski definition) is 3. The molecule has 0 fully saturated rings. The molecule has 1 aromatic rings. The van der Waals surface area contributed by atoms with Crippen molar-refractivity contribution in [3.63, 3.8) is 0 Å². The van der Waals surface area contributed by atoms with E-state index in [-0.39, 0.29) is 10.3 Å². The molecule has 0 aromatic heterocycles. The third kappa shape index (κ3) is 2.67. The maximum atomic E-state index is 11.8. The molecule has 19 heavy (non-hydrogen) atoms. The van der Waals surface area contributed by atoms with E-state index in [1.54, 1.807) is 18.3 Å². The van der Waals surface area contributed by atoms with Crippen molar-refractivity contribution in [2.24, 2.45) is 5.14 Å². The first-order valence-electron chi connectivity index (χ1n) is 6.36. The monoisotopic (exact) mass is 280 g/mol. The molecule has 1 heterocycles. The second kappa shape index (κ2) is 4.65. The summed E-state index contributed by atoms with van der Waals surface area (Å²) in [4.78, 5) is 0.222. The summed E-state index contributed by atoms with van der Waals surface area (Å²) in [5.41, 5.74) is 2.62. The van der Waals surface area contributed by atoms with E-state index in [0.29, 0.717) is 12.1 Å². The Bertz CT molecular complexity index is 631. The SMILES string of the molecule is CCC(C)(C)c1cc2c(c(S(N)(=O)=O)c1)C=CNC2. The summed E-state index contributed by atoms with van der Waals surface area (Å²) in [6.07, 6.45) is 4.45. The highest BCUT2D eigenvalue weighted by molar-refractivity contribution is 7.89. The molecule has 3 N–H and O–H groups in total. The summed E-state index contributed by atoms with van der Waals surface area (Å²) in [5, 5.41) is 8.45. The van der Waals surface area contributed by atoms with Crippen LogP contribution in [0.1, 0.15) is 43.9 Å². The fraction of sp³-hybridized carbons (Fsp3) is 0.429. The van der Waals surface area contributed by atoms with Gasteiger partial charge in [-0.25, -0.2) is 13.6 Å². The Morgan fingerprint density at radius 2 is 2.05 bits per heavy atom. The topological polar surface area (TPSA) is 72.2 Å². The van der Waals surface area contributed by atoms with E-state index in [9.17, 15) is 8.42 Å². The van der Waals surface area contributed by atoms with E-state index in [1.165, 1.54) is 0 Å². The summed E-state index contributed by atoms with van der Waals surface area (Å²) < 4.78 is 23.6. The van der Waals surface area contributed by atoms with Gasteiger partial charge in [-0.2, -0.15) is 0 Å². The van der Waals surface area contributed by atoms with Gasteiger partial charge in [0.1, 0.15) is 0 Å². The highest BCUT2D eigenvalue weighted by Crippen LogP contribution is 2.33. The van der Waals surface area contributed by atoms with Crippen LogP contribution >= 0.6 is 0 Å². The van der Waals surface area contributed by atoms with E-state index in [1.807, 2.05) is 0 Å². The van der Waals surface area contributed by atoms with Crippen LogP contribution in [0.3, 0.4) is 0 Å². The van der Waals surface area contributed by atoms with Crippen LogP contribution in [0.25, 0.3) is 6.08 Å². The third-order valence-corrected chi connectivity index (χ3v) is 4.81. The molecule has 1 aliphatic heterocycles. The van der Waals surface area contributed by atoms with Crippen LogP contribution in [0.2, 0.25) is 0 Å². The van der Waals surface area contributed by atoms with Gasteiger partial charge in [-0.3, -0.25) is 0 Å². The lowest BCUT2D eigenvalue weighted by molar-refractivity contribution is 0.503. The lowest BCUT2D eigenvalue weighted by atomic mass is 9.81. The van der Waals surface area contributed by atoms with Gasteiger partial charge in [0, 0.05) is 12.1 Å². The molecule has 5 heteroatoms. The van der Waals surface area contributed by atoms with Gasteiger partial charge in [-0.15, -0.1) is 0 Å². The number of benzene rings is 1. The molecule has 4 nitrogen and oxygen atoms in total. The fourth-order valence-electron chi connectivity index (χ4n) is 2.16. The first kappa shape index (κ1) is 14.1. The van der Waals surface area contributed by atoms with Crippen molar-refractivity contribution in [3.8, 4) is 0 Å². The van der Waals surface area contributed by atoms with Crippen molar-refractivity contribution in [2.75, 3.05) is 0 Å². The number of fused-ring (bicyclic) bond motifs is 1. The number of sulfonamides is 1. The molecule has 0 saturated heterocycles. The average molecular weight is 280 g/mol. The Morgan fingerprint density at radius 3 is 2.63 bits per heavy atom. The number of nitrogens with two attached hydrogens (primary N) is 1. The second-order valence-corrected chi connectivity index (χ2v) is 7.07. The molecule has 0 radical (unpaired) electrons. The molecule has 0 saturated carbocycles. The first-order valence-corrected chi connectivity index (χ1v) is 7.90. The lowest BCUT2D eigenvalue weighted by Gasteiger charge is -2.26. The minimum Gasteiger partial charge on any atom is -0.387 e. The van der Waals surface area contributed by atoms with Gasteiger partial charge in [-0.1, -0.05) is 26.8 Å². The Balaban J connectivity index is 2.73. The predicted molar refractivity (Wildman–Crippen MR) is 77.0 cm³/mol. The lowest BCUT2D eigenvalue weighted by Crippen LogP contribution is -2.22. The summed E-state index contributed by atoms with van der Waals surface area (Å²) in [7, 11) is -3.71. The molecule has 0 unspecified atom stereocenters. The van der Waals surface area contributed by atoms with E-state index in [0.717, 1.165) is 17.5 Å². The Morgan fingerprint density at radius 1 is 1.37 bits per heavy atom. The van der Waals surface area contributed by atoms with E-state index < -0.39 is 10.0 Å². The number of nitrogens with one attached hydrogen (secondary N) is 1. The van der Waals surface area contributed by atoms with Crippen molar-refractivity contribution in [3.05, 3.63) is 35.0 Å². The molecule has 0 amide bonds. The molecular formula is C14H20N2O2S. The van der Waals surface area contributed by atoms with Gasteiger partial charge in [-0.05, 0) is 41.3 Å². The Hall–Kier alpha value is -1.33. The van der Waals surface area contributed by atoms with Crippen molar-refractivity contribution < 1.29 is 8.42 Å². The second-order valence-electron chi connectivity index (χ2n) is 5.54. The molecule has 0 bridgehead atoms. The molecular weight excluding hydrogens is 260 g/mol. The van der Waals surface area contributed by atoms with E-state index in [2.05, 4.69) is 32.2 Å². The van der Waals surface area contributed by atoms with Gasteiger partial charge in [0.25, 0.3) is 0 Å². The van der Waals surface area contributed by atoms with Crippen LogP contribution in [-0.4, -0.2) is 8.42 Å². The number of hydrogen-bond donors (Lipinski definition) is 2. The van der Waals surface area contributed by atoms with Gasteiger partial charge < -0.3 is 5.32 Å². The van der Waals surface area contributed by atoms with Crippen molar-refractivity contribution in [2.45, 2.75) is 44.0 Å². The minimum absolute atomic E-state index is 0.0738. The van der Waals surface area contributed by atoms with Gasteiger partial charge >= 0.3 is 0 Å².